The second-order valence-corrected chi connectivity index (χ2v) is 11.1. The highest BCUT2D eigenvalue weighted by atomic mass is 16.5. The van der Waals surface area contributed by atoms with E-state index in [0.717, 1.165) is 18.7 Å². The number of aromatic hydroxyl groups is 1. The van der Waals surface area contributed by atoms with E-state index in [1.807, 2.05) is 12.3 Å². The van der Waals surface area contributed by atoms with E-state index in [9.17, 15) is 5.11 Å². The number of phenols is 1. The van der Waals surface area contributed by atoms with Crippen LogP contribution < -0.4 is 19.7 Å². The summed E-state index contributed by atoms with van der Waals surface area (Å²) >= 11 is 0. The van der Waals surface area contributed by atoms with Crippen LogP contribution in [-0.4, -0.2) is 67.6 Å². The third-order valence-electron chi connectivity index (χ3n) is 7.98. The third-order valence-corrected chi connectivity index (χ3v) is 7.98. The van der Waals surface area contributed by atoms with Crippen LogP contribution in [0.1, 0.15) is 52.4 Å². The maximum absolute atomic E-state index is 10.8. The lowest BCUT2D eigenvalue weighted by atomic mass is 9.84. The van der Waals surface area contributed by atoms with E-state index in [4.69, 9.17) is 9.47 Å². The van der Waals surface area contributed by atoms with Crippen molar-refractivity contribution in [2.75, 3.05) is 19.1 Å². The number of fused-ring (bicyclic) bond motifs is 2. The topological polar surface area (TPSA) is 118 Å². The molecule has 0 amide bonds. The molecule has 3 atom stereocenters. The number of ether oxygens (including phenoxy) is 2. The quantitative estimate of drug-likeness (QED) is 0.493. The molecule has 0 radical (unpaired) electrons. The van der Waals surface area contributed by atoms with Crippen LogP contribution in [0.15, 0.2) is 30.6 Å². The van der Waals surface area contributed by atoms with E-state index in [2.05, 4.69) is 49.2 Å². The van der Waals surface area contributed by atoms with Gasteiger partial charge in [0.25, 0.3) is 11.8 Å². The predicted molar refractivity (Wildman–Crippen MR) is 139 cm³/mol. The Bertz CT molecular complexity index is 1300. The van der Waals surface area contributed by atoms with Gasteiger partial charge in [-0.25, -0.2) is 15.0 Å². The Balaban J connectivity index is 1.25. The molecule has 1 aromatic carbocycles. The highest BCUT2D eigenvalue weighted by Gasteiger charge is 2.51. The smallest absolute Gasteiger partial charge is 0.278 e. The highest BCUT2D eigenvalue weighted by molar-refractivity contribution is 5.71. The van der Waals surface area contributed by atoms with E-state index >= 15 is 0 Å². The molecule has 3 fully saturated rings. The lowest BCUT2D eigenvalue weighted by Gasteiger charge is -2.46. The molecule has 1 aliphatic carbocycles. The first-order valence-corrected chi connectivity index (χ1v) is 12.9. The number of hydrogen-bond acceptors (Lipinski definition) is 10. The number of hydrogen-bond donors (Lipinski definition) is 2. The molecular weight excluding hydrogens is 470 g/mol. The van der Waals surface area contributed by atoms with Gasteiger partial charge in [-0.2, -0.15) is 0 Å². The zero-order valence-electron chi connectivity index (χ0n) is 21.7. The molecule has 2 aliphatic heterocycles. The van der Waals surface area contributed by atoms with Gasteiger partial charge < -0.3 is 24.8 Å². The molecule has 2 N–H and O–H groups in total. The Kier molecular flexibility index (Phi) is 5.67. The Morgan fingerprint density at radius 1 is 0.946 bits per heavy atom. The summed E-state index contributed by atoms with van der Waals surface area (Å²) in [6.07, 6.45) is 10.4. The van der Waals surface area contributed by atoms with Crippen LogP contribution >= 0.6 is 0 Å². The largest absolute Gasteiger partial charge is 0.507 e. The number of nitrogens with zero attached hydrogens (tertiary/aromatic N) is 6. The van der Waals surface area contributed by atoms with Crippen molar-refractivity contribution in [3.8, 4) is 40.2 Å². The van der Waals surface area contributed by atoms with Gasteiger partial charge in [0.15, 0.2) is 11.6 Å². The van der Waals surface area contributed by atoms with Crippen LogP contribution in [0.5, 0.6) is 17.5 Å². The molecule has 37 heavy (non-hydrogen) atoms. The van der Waals surface area contributed by atoms with E-state index in [0.29, 0.717) is 40.6 Å². The zero-order chi connectivity index (χ0) is 25.8. The summed E-state index contributed by atoms with van der Waals surface area (Å²) in [5.74, 6) is 1.81. The molecule has 3 aromatic rings. The van der Waals surface area contributed by atoms with Gasteiger partial charge in [-0.1, -0.05) is 6.07 Å². The molecule has 10 heteroatoms. The summed E-state index contributed by atoms with van der Waals surface area (Å²) in [6, 6.07) is 6.15. The summed E-state index contributed by atoms with van der Waals surface area (Å²) in [4.78, 5) is 15.7. The van der Waals surface area contributed by atoms with Crippen molar-refractivity contribution in [2.24, 2.45) is 0 Å². The van der Waals surface area contributed by atoms with Crippen LogP contribution in [0.3, 0.4) is 0 Å². The average Bonchev–Trinajstić information content (AvgIpc) is 3.69. The molecule has 194 valence electrons. The van der Waals surface area contributed by atoms with Crippen molar-refractivity contribution in [3.63, 3.8) is 0 Å². The van der Waals surface area contributed by atoms with Crippen LogP contribution in [0.4, 0.5) is 5.82 Å². The summed E-state index contributed by atoms with van der Waals surface area (Å²) in [5, 5.41) is 23.7. The molecular formula is C27H33N7O3. The van der Waals surface area contributed by atoms with E-state index < -0.39 is 0 Å². The number of phenolic OH excluding ortho intramolecular Hbond substituents is 1. The number of methoxy groups -OCH3 is 2. The maximum Gasteiger partial charge on any atom is 0.278 e. The van der Waals surface area contributed by atoms with Gasteiger partial charge in [0.2, 0.25) is 0 Å². The first kappa shape index (κ1) is 23.8. The average molecular weight is 504 g/mol. The maximum atomic E-state index is 10.8. The third kappa shape index (κ3) is 4.43. The number of piperidine rings is 1. The fourth-order valence-electron chi connectivity index (χ4n) is 6.21. The van der Waals surface area contributed by atoms with Crippen molar-refractivity contribution in [1.29, 1.82) is 0 Å². The van der Waals surface area contributed by atoms with Crippen molar-refractivity contribution in [1.82, 2.24) is 30.5 Å². The van der Waals surface area contributed by atoms with Crippen molar-refractivity contribution in [2.45, 2.75) is 75.5 Å². The predicted octanol–water partition coefficient (Wildman–Crippen LogP) is 3.75. The summed E-state index contributed by atoms with van der Waals surface area (Å²) in [6.45, 7) is 4.70. The van der Waals surface area contributed by atoms with Gasteiger partial charge in [-0.15, -0.1) is 10.2 Å². The van der Waals surface area contributed by atoms with Gasteiger partial charge in [-0.3, -0.25) is 0 Å². The number of nitrogens with one attached hydrogen (secondary N) is 1. The number of benzene rings is 1. The van der Waals surface area contributed by atoms with Crippen LogP contribution in [-0.2, 0) is 0 Å². The van der Waals surface area contributed by atoms with E-state index in [-0.39, 0.29) is 22.7 Å². The van der Waals surface area contributed by atoms with Gasteiger partial charge in [0, 0.05) is 28.7 Å². The fourth-order valence-corrected chi connectivity index (χ4v) is 6.21. The van der Waals surface area contributed by atoms with Crippen LogP contribution in [0.2, 0.25) is 0 Å². The van der Waals surface area contributed by atoms with Crippen LogP contribution in [0, 0.1) is 0 Å². The molecule has 10 nitrogen and oxygen atoms in total. The van der Waals surface area contributed by atoms with Crippen molar-refractivity contribution < 1.29 is 14.6 Å². The molecule has 1 unspecified atom stereocenters. The highest BCUT2D eigenvalue weighted by Crippen LogP contribution is 2.46. The van der Waals surface area contributed by atoms with Gasteiger partial charge in [0.1, 0.15) is 5.75 Å². The normalized spacial score (nSPS) is 26.6. The summed E-state index contributed by atoms with van der Waals surface area (Å²) in [5.41, 5.74) is 2.10. The lowest BCUT2D eigenvalue weighted by molar-refractivity contribution is 0.203. The minimum Gasteiger partial charge on any atom is -0.507 e. The van der Waals surface area contributed by atoms with Gasteiger partial charge >= 0.3 is 0 Å². The molecule has 2 bridgehead atoms. The van der Waals surface area contributed by atoms with Crippen LogP contribution in [0.25, 0.3) is 22.6 Å². The molecule has 3 aliphatic rings. The second kappa shape index (κ2) is 8.79. The van der Waals surface area contributed by atoms with Gasteiger partial charge in [0.05, 0.1) is 37.9 Å². The zero-order valence-corrected chi connectivity index (χ0v) is 21.7. The fraction of sp³-hybridized carbons (Fsp3) is 0.519. The number of rotatable bonds is 7. The Morgan fingerprint density at radius 2 is 1.68 bits per heavy atom. The first-order chi connectivity index (χ1) is 17.8. The molecule has 1 saturated carbocycles. The Hall–Kier alpha value is -3.53. The first-order valence-electron chi connectivity index (χ1n) is 12.9. The Labute approximate surface area is 216 Å². The molecule has 2 saturated heterocycles. The standard InChI is InChI=1S/C27H33N7O3/c1-26-9-10-27(2,33-26)13-18(12-26)34(17-6-7-17)22-15-28-23(32-31-22)19-8-5-16(11-21(19)35)20-14-29-24(36-3)25(30-20)37-4/h5,8,11,14-15,17-18,33,35H,6-7,9-10,12-13H2,1-4H3/t18?,26-,27+. The van der Waals surface area contributed by atoms with E-state index in [1.54, 1.807) is 18.3 Å². The summed E-state index contributed by atoms with van der Waals surface area (Å²) < 4.78 is 10.4. The molecule has 6 rings (SSSR count). The van der Waals surface area contributed by atoms with Gasteiger partial charge in [-0.05, 0) is 64.5 Å². The minimum atomic E-state index is 0.0402. The monoisotopic (exact) mass is 503 g/mol. The minimum absolute atomic E-state index is 0.0402. The van der Waals surface area contributed by atoms with E-state index in [1.165, 1.54) is 39.9 Å². The Morgan fingerprint density at radius 3 is 2.27 bits per heavy atom. The SMILES string of the molecule is COc1ncc(-c2ccc(-c3ncc(N(C4CC4)C4C[C@]5(C)CC[C@](C)(C4)N5)nn3)c(O)c2)nc1OC. The number of aromatic nitrogens is 5. The number of anilines is 1. The molecule has 4 heterocycles. The second-order valence-electron chi connectivity index (χ2n) is 11.1. The van der Waals surface area contributed by atoms with Crippen molar-refractivity contribution in [3.05, 3.63) is 30.6 Å². The lowest BCUT2D eigenvalue weighted by Crippen LogP contribution is -2.59. The molecule has 0 spiro atoms. The molecule has 2 aromatic heterocycles. The van der Waals surface area contributed by atoms with Crippen molar-refractivity contribution >= 4 is 5.82 Å². The summed E-state index contributed by atoms with van der Waals surface area (Å²) in [7, 11) is 3.01.